The molecule has 0 saturated heterocycles. The van der Waals surface area contributed by atoms with Gasteiger partial charge < -0.3 is 0 Å². The van der Waals surface area contributed by atoms with E-state index in [0.29, 0.717) is 0 Å². The molecule has 0 unspecified atom stereocenters. The first-order valence-corrected chi connectivity index (χ1v) is 8.55. The third-order valence-corrected chi connectivity index (χ3v) is 4.74. The van der Waals surface area contributed by atoms with Gasteiger partial charge in [-0.15, -0.1) is 0 Å². The van der Waals surface area contributed by atoms with Gasteiger partial charge in [-0.05, 0) is 59.2 Å². The topological polar surface area (TPSA) is 36.7 Å². The zero-order chi connectivity index (χ0) is 17.1. The molecule has 0 fully saturated rings. The van der Waals surface area contributed by atoms with Crippen molar-refractivity contribution in [2.24, 2.45) is 0 Å². The van der Waals surface area contributed by atoms with Crippen molar-refractivity contribution in [3.63, 3.8) is 0 Å². The second-order valence-corrected chi connectivity index (χ2v) is 6.35. The number of rotatable bonds is 2. The van der Waals surface area contributed by atoms with Crippen LogP contribution < -0.4 is 0 Å². The molecule has 4 rings (SSSR count). The van der Waals surface area contributed by atoms with E-state index in [4.69, 9.17) is 4.98 Å². The minimum Gasteiger partial charge on any atom is -0.260 e. The number of nitrogens with zero attached hydrogens (tertiary/aromatic N) is 2. The summed E-state index contributed by atoms with van der Waals surface area (Å²) in [5.74, 6) is 0. The Kier molecular flexibility index (Phi) is 4.14. The molecule has 0 aliphatic heterocycles. The number of hydrogen-bond acceptors (Lipinski definition) is 2. The van der Waals surface area contributed by atoms with Crippen LogP contribution in [0.2, 0.25) is 0 Å². The lowest BCUT2D eigenvalue weighted by atomic mass is 9.97. The third kappa shape index (κ3) is 3.22. The zero-order valence-electron chi connectivity index (χ0n) is 13.9. The minimum absolute atomic E-state index is 0.800. The molecule has 1 aromatic heterocycles. The number of fused-ring (bicyclic) bond motifs is 2. The normalized spacial score (nSPS) is 12.9. The van der Waals surface area contributed by atoms with E-state index in [2.05, 4.69) is 42.5 Å². The Morgan fingerprint density at radius 1 is 0.880 bits per heavy atom. The second-order valence-electron chi connectivity index (χ2n) is 6.35. The molecule has 25 heavy (non-hydrogen) atoms. The second kappa shape index (κ2) is 6.75. The fourth-order valence-corrected chi connectivity index (χ4v) is 3.43. The number of nitriles is 1. The van der Waals surface area contributed by atoms with E-state index in [0.717, 1.165) is 36.1 Å². The molecular weight excluding hydrogens is 304 g/mol. The Morgan fingerprint density at radius 2 is 1.72 bits per heavy atom. The summed E-state index contributed by atoms with van der Waals surface area (Å²) in [6, 6.07) is 20.9. The Bertz CT molecular complexity index is 979. The van der Waals surface area contributed by atoms with E-state index >= 15 is 0 Å². The summed E-state index contributed by atoms with van der Waals surface area (Å²) in [4.78, 5) is 4.70. The average Bonchev–Trinajstić information content (AvgIpc) is 2.85. The number of aryl methyl sites for hydroxylation is 1. The fraction of sp³-hybridized carbons (Fsp3) is 0.130. The zero-order valence-corrected chi connectivity index (χ0v) is 13.9. The van der Waals surface area contributed by atoms with Gasteiger partial charge in [0.25, 0.3) is 0 Å². The molecule has 2 heteroatoms. The van der Waals surface area contributed by atoms with Crippen LogP contribution >= 0.6 is 0 Å². The van der Waals surface area contributed by atoms with Gasteiger partial charge >= 0.3 is 0 Å². The first kappa shape index (κ1) is 15.4. The highest BCUT2D eigenvalue weighted by Crippen LogP contribution is 2.26. The van der Waals surface area contributed by atoms with Gasteiger partial charge in [0.05, 0.1) is 11.6 Å². The molecule has 1 heterocycles. The maximum Gasteiger partial charge on any atom is 0.0994 e. The highest BCUT2D eigenvalue weighted by Gasteiger charge is 2.16. The molecule has 0 N–H and O–H groups in total. The van der Waals surface area contributed by atoms with Crippen molar-refractivity contribution in [1.82, 2.24) is 4.98 Å². The summed E-state index contributed by atoms with van der Waals surface area (Å²) in [5, 5.41) is 9.35. The van der Waals surface area contributed by atoms with Crippen molar-refractivity contribution in [2.75, 3.05) is 0 Å². The Labute approximate surface area is 148 Å². The van der Waals surface area contributed by atoms with Gasteiger partial charge in [0.15, 0.2) is 0 Å². The number of pyridine rings is 1. The lowest BCUT2D eigenvalue weighted by Gasteiger charge is -2.07. The summed E-state index contributed by atoms with van der Waals surface area (Å²) in [6.45, 7) is 0. The maximum atomic E-state index is 9.35. The van der Waals surface area contributed by atoms with Crippen LogP contribution in [0.15, 0.2) is 60.8 Å². The van der Waals surface area contributed by atoms with E-state index in [1.54, 1.807) is 0 Å². The molecule has 0 atom stereocenters. The molecule has 2 aromatic carbocycles. The van der Waals surface area contributed by atoms with Crippen LogP contribution in [0.25, 0.3) is 12.2 Å². The summed E-state index contributed by atoms with van der Waals surface area (Å²) < 4.78 is 0. The summed E-state index contributed by atoms with van der Waals surface area (Å²) in [5.41, 5.74) is 7.95. The molecule has 3 aromatic rings. The van der Waals surface area contributed by atoms with Gasteiger partial charge in [-0.1, -0.05) is 54.6 Å². The van der Waals surface area contributed by atoms with Crippen molar-refractivity contribution >= 4 is 12.2 Å². The van der Waals surface area contributed by atoms with Crippen LogP contribution in [-0.2, 0) is 19.3 Å². The van der Waals surface area contributed by atoms with E-state index in [-0.39, 0.29) is 0 Å². The van der Waals surface area contributed by atoms with E-state index in [1.165, 1.54) is 22.3 Å². The molecular formula is C23H18N2. The molecule has 0 amide bonds. The van der Waals surface area contributed by atoms with E-state index in [9.17, 15) is 5.26 Å². The van der Waals surface area contributed by atoms with Gasteiger partial charge in [0.2, 0.25) is 0 Å². The minimum atomic E-state index is 0.800. The average molecular weight is 322 g/mol. The monoisotopic (exact) mass is 322 g/mol. The molecule has 1 aliphatic carbocycles. The van der Waals surface area contributed by atoms with Gasteiger partial charge in [-0.3, -0.25) is 4.98 Å². The van der Waals surface area contributed by atoms with Crippen LogP contribution in [0.5, 0.6) is 0 Å². The van der Waals surface area contributed by atoms with Gasteiger partial charge in [-0.2, -0.15) is 5.26 Å². The van der Waals surface area contributed by atoms with Gasteiger partial charge in [-0.25, -0.2) is 0 Å². The Hall–Kier alpha value is -3.18. The third-order valence-electron chi connectivity index (χ3n) is 4.74. The molecule has 2 nitrogen and oxygen atoms in total. The van der Waals surface area contributed by atoms with Crippen LogP contribution in [0, 0.1) is 11.3 Å². The van der Waals surface area contributed by atoms with Crippen molar-refractivity contribution in [1.29, 1.82) is 5.26 Å². The summed E-state index contributed by atoms with van der Waals surface area (Å²) in [7, 11) is 0. The number of aromatic nitrogens is 1. The van der Waals surface area contributed by atoms with Crippen LogP contribution in [0.4, 0.5) is 0 Å². The van der Waals surface area contributed by atoms with E-state index < -0.39 is 0 Å². The SMILES string of the molecule is N#Cc1cccc2c1CCc1ncc(/C=C/c3ccccc3)cc1C2. The summed E-state index contributed by atoms with van der Waals surface area (Å²) >= 11 is 0. The lowest BCUT2D eigenvalue weighted by Crippen LogP contribution is -1.97. The van der Waals surface area contributed by atoms with Crippen LogP contribution in [-0.4, -0.2) is 4.98 Å². The summed E-state index contributed by atoms with van der Waals surface area (Å²) in [6.07, 6.45) is 8.80. The van der Waals surface area contributed by atoms with Crippen LogP contribution in [0.1, 0.15) is 39.1 Å². The lowest BCUT2D eigenvalue weighted by molar-refractivity contribution is 0.913. The van der Waals surface area contributed by atoms with Crippen molar-refractivity contribution in [3.05, 3.63) is 99.9 Å². The predicted octanol–water partition coefficient (Wildman–Crippen LogP) is 4.81. The first-order valence-electron chi connectivity index (χ1n) is 8.55. The standard InChI is InChI=1S/C23H18N2/c24-15-20-8-4-7-19-14-21-13-18(10-9-17-5-2-1-3-6-17)16-25-23(21)12-11-22(19)20/h1-10,13,16H,11-12,14H2/b10-9+. The maximum absolute atomic E-state index is 9.35. The highest BCUT2D eigenvalue weighted by molar-refractivity contribution is 5.69. The Balaban J connectivity index is 1.66. The smallest absolute Gasteiger partial charge is 0.0994 e. The number of hydrogen-bond donors (Lipinski definition) is 0. The molecule has 0 bridgehead atoms. The van der Waals surface area contributed by atoms with Crippen molar-refractivity contribution in [3.8, 4) is 6.07 Å². The quantitative estimate of drug-likeness (QED) is 0.678. The molecule has 1 aliphatic rings. The first-order chi connectivity index (χ1) is 12.3. The Morgan fingerprint density at radius 3 is 2.56 bits per heavy atom. The number of benzene rings is 2. The van der Waals surface area contributed by atoms with Crippen molar-refractivity contribution < 1.29 is 0 Å². The largest absolute Gasteiger partial charge is 0.260 e. The van der Waals surface area contributed by atoms with E-state index in [1.807, 2.05) is 36.5 Å². The molecule has 0 spiro atoms. The van der Waals surface area contributed by atoms with Crippen LogP contribution in [0.3, 0.4) is 0 Å². The fourth-order valence-electron chi connectivity index (χ4n) is 3.43. The molecule has 0 saturated carbocycles. The van der Waals surface area contributed by atoms with Crippen molar-refractivity contribution in [2.45, 2.75) is 19.3 Å². The highest BCUT2D eigenvalue weighted by atomic mass is 14.7. The van der Waals surface area contributed by atoms with Gasteiger partial charge in [0.1, 0.15) is 0 Å². The molecule has 120 valence electrons. The van der Waals surface area contributed by atoms with Gasteiger partial charge in [0, 0.05) is 11.9 Å². The molecule has 0 radical (unpaired) electrons. The predicted molar refractivity (Wildman–Crippen MR) is 101 cm³/mol.